The molecule has 0 aliphatic carbocycles. The van der Waals surface area contributed by atoms with E-state index in [9.17, 15) is 17.6 Å². The minimum Gasteiger partial charge on any atom is -0.339 e. The molecular weight excluding hydrogens is 399 g/mol. The van der Waals surface area contributed by atoms with Gasteiger partial charge in [0.1, 0.15) is 11.6 Å². The Kier molecular flexibility index (Phi) is 5.09. The normalized spacial score (nSPS) is 16.3. The fourth-order valence-electron chi connectivity index (χ4n) is 3.61. The topological polar surface area (TPSA) is 106 Å². The summed E-state index contributed by atoms with van der Waals surface area (Å²) >= 11 is 0. The van der Waals surface area contributed by atoms with Gasteiger partial charge < -0.3 is 4.57 Å². The maximum absolute atomic E-state index is 14.2. The van der Waals surface area contributed by atoms with Gasteiger partial charge in [0.2, 0.25) is 0 Å². The van der Waals surface area contributed by atoms with E-state index < -0.39 is 21.5 Å². The number of aromatic amines is 1. The average Bonchev–Trinajstić information content (AvgIpc) is 3.29. The summed E-state index contributed by atoms with van der Waals surface area (Å²) in [6.07, 6.45) is 4.62. The highest BCUT2D eigenvalue weighted by atomic mass is 32.2. The number of imidazole rings is 1. The molecule has 0 radical (unpaired) electrons. The van der Waals surface area contributed by atoms with E-state index in [-0.39, 0.29) is 16.6 Å². The first-order chi connectivity index (χ1) is 13.9. The lowest BCUT2D eigenvalue weighted by molar-refractivity contribution is 0.269. The first-order valence-corrected chi connectivity index (χ1v) is 10.7. The highest BCUT2D eigenvalue weighted by molar-refractivity contribution is 7.89. The van der Waals surface area contributed by atoms with E-state index in [1.165, 1.54) is 33.5 Å². The standard InChI is InChI=1S/C18H21FN6O3S/c1-23-11-17(20-12-23)29(27,28)24-8-6-13(7-9-24)10-16-21-22-18(26)25(16)15-5-3-2-4-14(15)19/h2-5,11-13H,6-10H2,1H3,(H,22,26). The van der Waals surface area contributed by atoms with Gasteiger partial charge in [-0.05, 0) is 30.9 Å². The highest BCUT2D eigenvalue weighted by Gasteiger charge is 2.31. The molecule has 0 atom stereocenters. The molecule has 1 aliphatic heterocycles. The summed E-state index contributed by atoms with van der Waals surface area (Å²) < 4.78 is 43.8. The van der Waals surface area contributed by atoms with Crippen LogP contribution in [0.15, 0.2) is 46.6 Å². The summed E-state index contributed by atoms with van der Waals surface area (Å²) in [5.41, 5.74) is -0.350. The summed E-state index contributed by atoms with van der Waals surface area (Å²) in [6.45, 7) is 0.718. The molecule has 0 amide bonds. The fraction of sp³-hybridized carbons (Fsp3) is 0.389. The summed E-state index contributed by atoms with van der Waals surface area (Å²) in [7, 11) is -1.90. The number of hydrogen-bond donors (Lipinski definition) is 1. The van der Waals surface area contributed by atoms with Crippen molar-refractivity contribution in [2.75, 3.05) is 13.1 Å². The third-order valence-electron chi connectivity index (χ3n) is 5.17. The van der Waals surface area contributed by atoms with Crippen LogP contribution in [0.25, 0.3) is 5.69 Å². The third-order valence-corrected chi connectivity index (χ3v) is 6.95. The van der Waals surface area contributed by atoms with Crippen LogP contribution in [0.5, 0.6) is 0 Å². The molecule has 0 bridgehead atoms. The molecule has 0 spiro atoms. The summed E-state index contributed by atoms with van der Waals surface area (Å²) in [6, 6.07) is 6.03. The van der Waals surface area contributed by atoms with Crippen molar-refractivity contribution < 1.29 is 12.8 Å². The molecule has 2 aromatic heterocycles. The molecule has 4 rings (SSSR count). The Morgan fingerprint density at radius 2 is 1.97 bits per heavy atom. The number of sulfonamides is 1. The lowest BCUT2D eigenvalue weighted by atomic mass is 9.94. The Labute approximate surface area is 166 Å². The van der Waals surface area contributed by atoms with Gasteiger partial charge in [-0.3, -0.25) is 0 Å². The van der Waals surface area contributed by atoms with E-state index in [0.29, 0.717) is 38.2 Å². The van der Waals surface area contributed by atoms with Gasteiger partial charge in [-0.2, -0.15) is 9.40 Å². The number of rotatable bonds is 5. The van der Waals surface area contributed by atoms with Crippen molar-refractivity contribution in [2.45, 2.75) is 24.3 Å². The number of aryl methyl sites for hydroxylation is 1. The number of aromatic nitrogens is 5. The minimum atomic E-state index is -3.62. The predicted octanol–water partition coefficient (Wildman–Crippen LogP) is 1.08. The van der Waals surface area contributed by atoms with Gasteiger partial charge in [-0.25, -0.2) is 32.3 Å². The van der Waals surface area contributed by atoms with Gasteiger partial charge in [-0.1, -0.05) is 12.1 Å². The number of hydrogen-bond acceptors (Lipinski definition) is 5. The molecule has 1 aliphatic rings. The SMILES string of the molecule is Cn1cnc(S(=O)(=O)N2CCC(Cc3n[nH]c(=O)n3-c3ccccc3F)CC2)c1. The van der Waals surface area contributed by atoms with Crippen molar-refractivity contribution in [3.05, 3.63) is 58.9 Å². The molecule has 0 unspecified atom stereocenters. The van der Waals surface area contributed by atoms with E-state index in [0.717, 1.165) is 0 Å². The largest absolute Gasteiger partial charge is 0.348 e. The van der Waals surface area contributed by atoms with E-state index in [1.807, 2.05) is 0 Å². The van der Waals surface area contributed by atoms with Gasteiger partial charge in [0.25, 0.3) is 10.0 Å². The predicted molar refractivity (Wildman–Crippen MR) is 103 cm³/mol. The van der Waals surface area contributed by atoms with Crippen LogP contribution in [0.4, 0.5) is 4.39 Å². The van der Waals surface area contributed by atoms with Crippen LogP contribution in [0.3, 0.4) is 0 Å². The second-order valence-corrected chi connectivity index (χ2v) is 9.05. The monoisotopic (exact) mass is 420 g/mol. The van der Waals surface area contributed by atoms with Crippen LogP contribution in [0, 0.1) is 11.7 Å². The van der Waals surface area contributed by atoms with Crippen LogP contribution >= 0.6 is 0 Å². The Hall–Kier alpha value is -2.79. The molecule has 1 fully saturated rings. The Bertz CT molecular complexity index is 1170. The zero-order valence-electron chi connectivity index (χ0n) is 15.8. The maximum atomic E-state index is 14.2. The zero-order chi connectivity index (χ0) is 20.6. The minimum absolute atomic E-state index is 0.0409. The number of halogens is 1. The number of H-pyrrole nitrogens is 1. The van der Waals surface area contributed by atoms with Crippen molar-refractivity contribution in [3.63, 3.8) is 0 Å². The first-order valence-electron chi connectivity index (χ1n) is 9.25. The van der Waals surface area contributed by atoms with Crippen LogP contribution in [0.1, 0.15) is 18.7 Å². The number of benzene rings is 1. The molecule has 154 valence electrons. The van der Waals surface area contributed by atoms with Crippen molar-refractivity contribution in [2.24, 2.45) is 13.0 Å². The van der Waals surface area contributed by atoms with Crippen LogP contribution in [0.2, 0.25) is 0 Å². The van der Waals surface area contributed by atoms with Crippen molar-refractivity contribution in [1.82, 2.24) is 28.6 Å². The van der Waals surface area contributed by atoms with Crippen LogP contribution < -0.4 is 5.69 Å². The number of nitrogens with zero attached hydrogens (tertiary/aromatic N) is 5. The molecule has 1 N–H and O–H groups in total. The molecule has 0 saturated carbocycles. The molecule has 1 aromatic carbocycles. The molecule has 29 heavy (non-hydrogen) atoms. The molecule has 9 nitrogen and oxygen atoms in total. The van der Waals surface area contributed by atoms with Gasteiger partial charge in [0.05, 0.1) is 12.0 Å². The van der Waals surface area contributed by atoms with Crippen LogP contribution in [-0.2, 0) is 23.5 Å². The average molecular weight is 420 g/mol. The number of piperidine rings is 1. The van der Waals surface area contributed by atoms with Crippen molar-refractivity contribution in [3.8, 4) is 5.69 Å². The van der Waals surface area contributed by atoms with E-state index in [1.54, 1.807) is 23.7 Å². The number of para-hydroxylation sites is 1. The molecular formula is C18H21FN6O3S. The summed E-state index contributed by atoms with van der Waals surface area (Å²) in [4.78, 5) is 16.1. The van der Waals surface area contributed by atoms with E-state index in [4.69, 9.17) is 0 Å². The van der Waals surface area contributed by atoms with Crippen LogP contribution in [-0.4, -0.2) is 50.1 Å². The zero-order valence-corrected chi connectivity index (χ0v) is 16.6. The molecule has 3 aromatic rings. The Morgan fingerprint density at radius 3 is 2.62 bits per heavy atom. The smallest absolute Gasteiger partial charge is 0.339 e. The Balaban J connectivity index is 1.48. The van der Waals surface area contributed by atoms with Gasteiger partial charge in [0.15, 0.2) is 5.03 Å². The molecule has 1 saturated heterocycles. The van der Waals surface area contributed by atoms with Gasteiger partial charge in [0, 0.05) is 32.8 Å². The first kappa shape index (κ1) is 19.5. The van der Waals surface area contributed by atoms with Crippen molar-refractivity contribution in [1.29, 1.82) is 0 Å². The lowest BCUT2D eigenvalue weighted by Crippen LogP contribution is -2.39. The summed E-state index contributed by atoms with van der Waals surface area (Å²) in [5.74, 6) is 0.0607. The fourth-order valence-corrected chi connectivity index (χ4v) is 5.05. The quantitative estimate of drug-likeness (QED) is 0.665. The second kappa shape index (κ2) is 7.56. The van der Waals surface area contributed by atoms with E-state index in [2.05, 4.69) is 15.2 Å². The highest BCUT2D eigenvalue weighted by Crippen LogP contribution is 2.25. The molecule has 3 heterocycles. The summed E-state index contributed by atoms with van der Waals surface area (Å²) in [5, 5.41) is 6.48. The lowest BCUT2D eigenvalue weighted by Gasteiger charge is -2.30. The van der Waals surface area contributed by atoms with Gasteiger partial charge >= 0.3 is 5.69 Å². The van der Waals surface area contributed by atoms with Gasteiger partial charge in [-0.15, -0.1) is 0 Å². The molecule has 11 heteroatoms. The van der Waals surface area contributed by atoms with Crippen molar-refractivity contribution >= 4 is 10.0 Å². The number of nitrogens with one attached hydrogen (secondary N) is 1. The van der Waals surface area contributed by atoms with E-state index >= 15 is 0 Å². The Morgan fingerprint density at radius 1 is 1.24 bits per heavy atom. The second-order valence-electron chi connectivity index (χ2n) is 7.16. The maximum Gasteiger partial charge on any atom is 0.348 e. The third kappa shape index (κ3) is 3.75.